The van der Waals surface area contributed by atoms with Crippen molar-refractivity contribution in [3.8, 4) is 5.75 Å². The molecule has 2 aromatic carbocycles. The topological polar surface area (TPSA) is 117 Å². The van der Waals surface area contributed by atoms with Gasteiger partial charge in [0.15, 0.2) is 24.6 Å². The number of H-pyrrole nitrogens is 1. The summed E-state index contributed by atoms with van der Waals surface area (Å²) in [5.41, 5.74) is 4.18. The first-order chi connectivity index (χ1) is 19.0. The van der Waals surface area contributed by atoms with Crippen molar-refractivity contribution in [3.63, 3.8) is 0 Å². The molecule has 0 saturated carbocycles. The molecular weight excluding hydrogens is 516 g/mol. The number of fused-ring (bicyclic) bond motifs is 4. The zero-order valence-corrected chi connectivity index (χ0v) is 23.6. The van der Waals surface area contributed by atoms with Crippen LogP contribution in [0.2, 0.25) is 0 Å². The number of aromatic amines is 1. The smallest absolute Gasteiger partial charge is 0.304 e. The molecule has 1 aliphatic heterocycles. The number of benzene rings is 2. The van der Waals surface area contributed by atoms with Crippen LogP contribution in [0, 0.1) is 13.8 Å². The zero-order valence-electron chi connectivity index (χ0n) is 23.6. The van der Waals surface area contributed by atoms with Crippen molar-refractivity contribution in [1.29, 1.82) is 0 Å². The van der Waals surface area contributed by atoms with Crippen molar-refractivity contribution in [2.75, 3.05) is 7.11 Å². The lowest BCUT2D eigenvalue weighted by Crippen LogP contribution is -2.64. The quantitative estimate of drug-likeness (QED) is 0.225. The first-order valence-electron chi connectivity index (χ1n) is 13.1. The number of hydrogen-bond donors (Lipinski definition) is 1. The van der Waals surface area contributed by atoms with E-state index in [1.807, 2.05) is 36.7 Å². The first-order valence-corrected chi connectivity index (χ1v) is 13.1. The van der Waals surface area contributed by atoms with E-state index in [1.54, 1.807) is 18.6 Å². The maximum absolute atomic E-state index is 12.2. The SMILES string of the molecule is COc1ccc2[nH]c3c(C)c4cc[n+]([C@@H]5O[C@H](C)[C@H](OC(C)=O)[C@H](OC(C)=O)[C@H]5OC(C)=O)cc4c(C)c3c2c1. The minimum Gasteiger partial charge on any atom is -0.497 e. The number of nitrogens with one attached hydrogen (secondary N) is 1. The van der Waals surface area contributed by atoms with E-state index < -0.39 is 48.6 Å². The fourth-order valence-electron chi connectivity index (χ4n) is 5.76. The summed E-state index contributed by atoms with van der Waals surface area (Å²) in [4.78, 5) is 39.7. The molecule has 0 unspecified atom stereocenters. The molecule has 0 spiro atoms. The number of esters is 3. The maximum atomic E-state index is 12.2. The van der Waals surface area contributed by atoms with Gasteiger partial charge in [-0.2, -0.15) is 4.57 Å². The highest BCUT2D eigenvalue weighted by atomic mass is 16.7. The van der Waals surface area contributed by atoms with Crippen LogP contribution in [0.4, 0.5) is 0 Å². The Balaban J connectivity index is 1.68. The number of aryl methyl sites for hydroxylation is 2. The fourth-order valence-corrected chi connectivity index (χ4v) is 5.76. The molecule has 1 N–H and O–H groups in total. The molecule has 5 rings (SSSR count). The first kappa shape index (κ1) is 27.4. The van der Waals surface area contributed by atoms with E-state index in [0.717, 1.165) is 49.5 Å². The van der Waals surface area contributed by atoms with Gasteiger partial charge in [0.2, 0.25) is 6.10 Å². The number of ether oxygens (including phenoxy) is 5. The van der Waals surface area contributed by atoms with Gasteiger partial charge in [-0.3, -0.25) is 14.4 Å². The normalized spacial score (nSPS) is 22.8. The highest BCUT2D eigenvalue weighted by Crippen LogP contribution is 2.38. The largest absolute Gasteiger partial charge is 0.497 e. The molecule has 2 aromatic heterocycles. The molecule has 0 amide bonds. The van der Waals surface area contributed by atoms with Crippen LogP contribution in [-0.4, -0.2) is 54.4 Å². The van der Waals surface area contributed by atoms with Gasteiger partial charge < -0.3 is 28.7 Å². The van der Waals surface area contributed by atoms with Crippen molar-refractivity contribution in [3.05, 3.63) is 47.8 Å². The number of carbonyl (C=O) groups excluding carboxylic acids is 3. The van der Waals surface area contributed by atoms with Gasteiger partial charge in [0, 0.05) is 48.5 Å². The molecule has 0 radical (unpaired) electrons. The van der Waals surface area contributed by atoms with Gasteiger partial charge in [-0.15, -0.1) is 0 Å². The molecule has 4 aromatic rings. The molecule has 1 fully saturated rings. The molecule has 10 nitrogen and oxygen atoms in total. The standard InChI is InChI=1S/C30H32N2O8/c1-14-23-13-32(11-10-21(23)15(2)26-25(14)22-12-20(36-7)8-9-24(22)31-26)30-29(40-19(6)35)28(39-18(5)34)27(16(3)37-30)38-17(4)33/h8-13,16,27-30H,1-7H3/p+1/t16-,27+,28+,29-,30-/m1/s1. The Kier molecular flexibility index (Phi) is 7.14. The number of hydrogen-bond acceptors (Lipinski definition) is 8. The highest BCUT2D eigenvalue weighted by Gasteiger charge is 2.54. The monoisotopic (exact) mass is 549 g/mol. The van der Waals surface area contributed by atoms with E-state index in [9.17, 15) is 14.4 Å². The van der Waals surface area contributed by atoms with Gasteiger partial charge in [0.1, 0.15) is 11.9 Å². The molecule has 210 valence electrons. The number of methoxy groups -OCH3 is 1. The maximum Gasteiger partial charge on any atom is 0.304 e. The van der Waals surface area contributed by atoms with Crippen LogP contribution in [0.15, 0.2) is 36.7 Å². The average Bonchev–Trinajstić information content (AvgIpc) is 3.29. The number of aromatic nitrogens is 2. The Morgan fingerprint density at radius 3 is 2.15 bits per heavy atom. The van der Waals surface area contributed by atoms with Gasteiger partial charge in [0.05, 0.1) is 12.6 Å². The lowest BCUT2D eigenvalue weighted by molar-refractivity contribution is -0.776. The second kappa shape index (κ2) is 10.4. The molecule has 3 heterocycles. The van der Waals surface area contributed by atoms with Crippen molar-refractivity contribution < 1.29 is 42.6 Å². The van der Waals surface area contributed by atoms with Crippen LogP contribution in [0.25, 0.3) is 32.6 Å². The van der Waals surface area contributed by atoms with E-state index in [1.165, 1.54) is 20.8 Å². The Labute approximate surface area is 231 Å². The molecule has 1 saturated heterocycles. The average molecular weight is 550 g/mol. The van der Waals surface area contributed by atoms with Crippen molar-refractivity contribution in [1.82, 2.24) is 4.98 Å². The zero-order chi connectivity index (χ0) is 28.9. The molecular formula is C30H33N2O8+. The Bertz CT molecular complexity index is 1660. The predicted molar refractivity (Wildman–Crippen MR) is 146 cm³/mol. The lowest BCUT2D eigenvalue weighted by Gasteiger charge is -2.41. The molecule has 40 heavy (non-hydrogen) atoms. The summed E-state index contributed by atoms with van der Waals surface area (Å²) in [6.07, 6.45) is -0.857. The van der Waals surface area contributed by atoms with Crippen molar-refractivity contribution in [2.45, 2.75) is 72.2 Å². The highest BCUT2D eigenvalue weighted by molar-refractivity contribution is 6.16. The number of pyridine rings is 1. The molecule has 5 atom stereocenters. The summed E-state index contributed by atoms with van der Waals surface area (Å²) in [5, 5.41) is 4.15. The third-order valence-corrected chi connectivity index (χ3v) is 7.49. The van der Waals surface area contributed by atoms with Crippen LogP contribution >= 0.6 is 0 Å². The minimum absolute atomic E-state index is 0.568. The summed E-state index contributed by atoms with van der Waals surface area (Å²) in [6, 6.07) is 7.94. The van der Waals surface area contributed by atoms with E-state index in [4.69, 9.17) is 23.7 Å². The summed E-state index contributed by atoms with van der Waals surface area (Å²) in [6.45, 7) is 9.63. The minimum atomic E-state index is -1.08. The molecule has 10 heteroatoms. The van der Waals surface area contributed by atoms with E-state index in [-0.39, 0.29) is 0 Å². The Morgan fingerprint density at radius 2 is 1.50 bits per heavy atom. The van der Waals surface area contributed by atoms with Crippen LogP contribution in [-0.2, 0) is 33.3 Å². The predicted octanol–water partition coefficient (Wildman–Crippen LogP) is 4.10. The summed E-state index contributed by atoms with van der Waals surface area (Å²) < 4.78 is 30.3. The summed E-state index contributed by atoms with van der Waals surface area (Å²) in [5.74, 6) is -0.989. The van der Waals surface area contributed by atoms with Crippen LogP contribution in [0.5, 0.6) is 5.75 Å². The van der Waals surface area contributed by atoms with Crippen molar-refractivity contribution >= 4 is 50.5 Å². The lowest BCUT2D eigenvalue weighted by atomic mass is 9.95. The van der Waals surface area contributed by atoms with E-state index >= 15 is 0 Å². The Hall–Kier alpha value is -4.18. The van der Waals surface area contributed by atoms with Crippen LogP contribution < -0.4 is 9.30 Å². The van der Waals surface area contributed by atoms with Gasteiger partial charge in [-0.1, -0.05) is 0 Å². The van der Waals surface area contributed by atoms with Crippen LogP contribution in [0.3, 0.4) is 0 Å². The van der Waals surface area contributed by atoms with Gasteiger partial charge in [-0.25, -0.2) is 0 Å². The van der Waals surface area contributed by atoms with E-state index in [2.05, 4.69) is 18.8 Å². The van der Waals surface area contributed by atoms with Crippen LogP contribution in [0.1, 0.15) is 45.0 Å². The third kappa shape index (κ3) is 4.72. The van der Waals surface area contributed by atoms with Gasteiger partial charge in [-0.05, 0) is 55.5 Å². The number of carbonyl (C=O) groups is 3. The molecule has 0 aliphatic carbocycles. The van der Waals surface area contributed by atoms with Gasteiger partial charge >= 0.3 is 24.1 Å². The summed E-state index contributed by atoms with van der Waals surface area (Å²) >= 11 is 0. The second-order valence-electron chi connectivity index (χ2n) is 10.2. The number of rotatable bonds is 5. The van der Waals surface area contributed by atoms with Crippen molar-refractivity contribution in [2.24, 2.45) is 0 Å². The van der Waals surface area contributed by atoms with Gasteiger partial charge in [0.25, 0.3) is 0 Å². The number of nitrogens with zero attached hydrogens (tertiary/aromatic N) is 1. The van der Waals surface area contributed by atoms with E-state index in [0.29, 0.717) is 0 Å². The fraction of sp³-hybridized carbons (Fsp3) is 0.400. The third-order valence-electron chi connectivity index (χ3n) is 7.49. The Morgan fingerprint density at radius 1 is 0.850 bits per heavy atom. The molecule has 1 aliphatic rings. The molecule has 0 bridgehead atoms. The second-order valence-corrected chi connectivity index (χ2v) is 10.2. The summed E-state index contributed by atoms with van der Waals surface area (Å²) in [7, 11) is 1.65.